The van der Waals surface area contributed by atoms with Gasteiger partial charge in [-0.15, -0.1) is 0 Å². The zero-order chi connectivity index (χ0) is 19.9. The number of nitrogens with one attached hydrogen (secondary N) is 1. The standard InChI is InChI=1S/C20H26N2O4S/c1-4-19(22(27(3,24)25)17-11-7-6-8-12-17)20(23)21-15-16-10-9-13-18(14-16)26-5-2/h6-14,19H,4-5,15H2,1-3H3,(H,21,23). The van der Waals surface area contributed by atoms with Crippen molar-refractivity contribution in [2.45, 2.75) is 32.9 Å². The molecule has 0 saturated carbocycles. The van der Waals surface area contributed by atoms with Crippen LogP contribution in [-0.2, 0) is 21.4 Å². The molecule has 0 spiro atoms. The Labute approximate surface area is 161 Å². The van der Waals surface area contributed by atoms with Crippen LogP contribution in [0.2, 0.25) is 0 Å². The Hall–Kier alpha value is -2.54. The predicted molar refractivity (Wildman–Crippen MR) is 107 cm³/mol. The molecule has 0 aliphatic rings. The van der Waals surface area contributed by atoms with Gasteiger partial charge in [0.15, 0.2) is 0 Å². The minimum absolute atomic E-state index is 0.294. The summed E-state index contributed by atoms with van der Waals surface area (Å²) in [5.41, 5.74) is 1.36. The third kappa shape index (κ3) is 5.72. The fraction of sp³-hybridized carbons (Fsp3) is 0.350. The van der Waals surface area contributed by atoms with Crippen molar-refractivity contribution in [3.05, 3.63) is 60.2 Å². The number of carbonyl (C=O) groups is 1. The van der Waals surface area contributed by atoms with Gasteiger partial charge in [-0.05, 0) is 43.2 Å². The van der Waals surface area contributed by atoms with Crippen molar-refractivity contribution in [2.75, 3.05) is 17.2 Å². The molecule has 0 bridgehead atoms. The van der Waals surface area contributed by atoms with Crippen LogP contribution in [0.15, 0.2) is 54.6 Å². The third-order valence-electron chi connectivity index (χ3n) is 4.02. The van der Waals surface area contributed by atoms with Crippen molar-refractivity contribution in [3.63, 3.8) is 0 Å². The number of nitrogens with zero attached hydrogens (tertiary/aromatic N) is 1. The first-order valence-electron chi connectivity index (χ1n) is 8.90. The highest BCUT2D eigenvalue weighted by Gasteiger charge is 2.31. The van der Waals surface area contributed by atoms with Gasteiger partial charge in [0.05, 0.1) is 18.6 Å². The Bertz CT molecular complexity index is 853. The van der Waals surface area contributed by atoms with Crippen LogP contribution >= 0.6 is 0 Å². The summed E-state index contributed by atoms with van der Waals surface area (Å²) >= 11 is 0. The Balaban J connectivity index is 2.17. The van der Waals surface area contributed by atoms with Crippen LogP contribution in [0.3, 0.4) is 0 Å². The molecule has 1 atom stereocenters. The summed E-state index contributed by atoms with van der Waals surface area (Å²) in [5, 5.41) is 2.84. The van der Waals surface area contributed by atoms with Crippen molar-refractivity contribution >= 4 is 21.6 Å². The predicted octanol–water partition coefficient (Wildman–Crippen LogP) is 2.95. The van der Waals surface area contributed by atoms with E-state index in [1.807, 2.05) is 31.2 Å². The Morgan fingerprint density at radius 1 is 1.11 bits per heavy atom. The molecule has 2 rings (SSSR count). The molecule has 0 aromatic heterocycles. The molecule has 2 aromatic carbocycles. The molecule has 0 aliphatic heterocycles. The number of rotatable bonds is 9. The van der Waals surface area contributed by atoms with Crippen LogP contribution in [-0.4, -0.2) is 33.2 Å². The van der Waals surface area contributed by atoms with Crippen molar-refractivity contribution in [2.24, 2.45) is 0 Å². The lowest BCUT2D eigenvalue weighted by molar-refractivity contribution is -0.122. The minimum atomic E-state index is -3.62. The van der Waals surface area contributed by atoms with Gasteiger partial charge in [-0.25, -0.2) is 8.42 Å². The Kier molecular flexibility index (Phi) is 7.24. The molecule has 6 nitrogen and oxygen atoms in total. The number of hydrogen-bond acceptors (Lipinski definition) is 4. The molecule has 1 amide bonds. The summed E-state index contributed by atoms with van der Waals surface area (Å²) in [6, 6.07) is 15.3. The number of para-hydroxylation sites is 1. The van der Waals surface area contributed by atoms with E-state index in [0.717, 1.165) is 17.6 Å². The SMILES string of the molecule is CCOc1cccc(CNC(=O)C(CC)N(c2ccccc2)S(C)(=O)=O)c1. The molecule has 0 fully saturated rings. The van der Waals surface area contributed by atoms with Gasteiger partial charge in [-0.1, -0.05) is 37.3 Å². The van der Waals surface area contributed by atoms with Crippen molar-refractivity contribution in [1.29, 1.82) is 0 Å². The highest BCUT2D eigenvalue weighted by Crippen LogP contribution is 2.22. The number of benzene rings is 2. The van der Waals surface area contributed by atoms with E-state index >= 15 is 0 Å². The first-order chi connectivity index (χ1) is 12.9. The Morgan fingerprint density at radius 3 is 2.41 bits per heavy atom. The number of ether oxygens (including phenoxy) is 1. The first-order valence-corrected chi connectivity index (χ1v) is 10.8. The molecular formula is C20H26N2O4S. The van der Waals surface area contributed by atoms with Gasteiger partial charge in [0.1, 0.15) is 11.8 Å². The third-order valence-corrected chi connectivity index (χ3v) is 5.20. The fourth-order valence-corrected chi connectivity index (χ4v) is 4.07. The van der Waals surface area contributed by atoms with E-state index in [1.54, 1.807) is 37.3 Å². The van der Waals surface area contributed by atoms with Crippen LogP contribution in [0.4, 0.5) is 5.69 Å². The largest absolute Gasteiger partial charge is 0.494 e. The topological polar surface area (TPSA) is 75.7 Å². The molecule has 0 aliphatic carbocycles. The number of sulfonamides is 1. The zero-order valence-electron chi connectivity index (χ0n) is 15.9. The first kappa shape index (κ1) is 20.8. The van der Waals surface area contributed by atoms with Gasteiger partial charge in [0.2, 0.25) is 15.9 Å². The molecule has 1 unspecified atom stereocenters. The molecule has 2 aromatic rings. The van der Waals surface area contributed by atoms with E-state index in [9.17, 15) is 13.2 Å². The summed E-state index contributed by atoms with van der Waals surface area (Å²) in [6.07, 6.45) is 1.47. The molecule has 0 heterocycles. The summed E-state index contributed by atoms with van der Waals surface area (Å²) in [4.78, 5) is 12.8. The van der Waals surface area contributed by atoms with E-state index in [-0.39, 0.29) is 5.91 Å². The molecule has 0 radical (unpaired) electrons. The molecule has 146 valence electrons. The average Bonchev–Trinajstić information content (AvgIpc) is 2.64. The van der Waals surface area contributed by atoms with Crippen LogP contribution in [0.1, 0.15) is 25.8 Å². The summed E-state index contributed by atoms with van der Waals surface area (Å²) in [5.74, 6) is 0.395. The zero-order valence-corrected chi connectivity index (χ0v) is 16.7. The number of amides is 1. The second-order valence-corrected chi connectivity index (χ2v) is 7.98. The van der Waals surface area contributed by atoms with Crippen molar-refractivity contribution in [3.8, 4) is 5.75 Å². The summed E-state index contributed by atoms with van der Waals surface area (Å²) in [6.45, 7) is 4.56. The van der Waals surface area contributed by atoms with Crippen molar-refractivity contribution < 1.29 is 17.9 Å². The van der Waals surface area contributed by atoms with Gasteiger partial charge in [-0.3, -0.25) is 9.10 Å². The van der Waals surface area contributed by atoms with Crippen LogP contribution in [0, 0.1) is 0 Å². The molecule has 27 heavy (non-hydrogen) atoms. The maximum Gasteiger partial charge on any atom is 0.244 e. The highest BCUT2D eigenvalue weighted by molar-refractivity contribution is 7.92. The fourth-order valence-electron chi connectivity index (χ4n) is 2.85. The van der Waals surface area contributed by atoms with E-state index in [0.29, 0.717) is 25.3 Å². The molecule has 7 heteroatoms. The van der Waals surface area contributed by atoms with Gasteiger partial charge >= 0.3 is 0 Å². The summed E-state index contributed by atoms with van der Waals surface area (Å²) < 4.78 is 31.4. The normalized spacial score (nSPS) is 12.3. The molecule has 1 N–H and O–H groups in total. The van der Waals surface area contributed by atoms with Gasteiger partial charge < -0.3 is 10.1 Å². The lowest BCUT2D eigenvalue weighted by atomic mass is 10.1. The van der Waals surface area contributed by atoms with E-state index in [2.05, 4.69) is 5.32 Å². The monoisotopic (exact) mass is 390 g/mol. The van der Waals surface area contributed by atoms with E-state index in [4.69, 9.17) is 4.74 Å². The number of hydrogen-bond donors (Lipinski definition) is 1. The van der Waals surface area contributed by atoms with E-state index in [1.165, 1.54) is 4.31 Å². The maximum atomic E-state index is 12.8. The number of carbonyl (C=O) groups excluding carboxylic acids is 1. The second kappa shape index (κ2) is 9.41. The lowest BCUT2D eigenvalue weighted by Crippen LogP contribution is -2.49. The van der Waals surface area contributed by atoms with Gasteiger partial charge in [0.25, 0.3) is 0 Å². The van der Waals surface area contributed by atoms with Crippen LogP contribution in [0.25, 0.3) is 0 Å². The quantitative estimate of drug-likeness (QED) is 0.714. The molecular weight excluding hydrogens is 364 g/mol. The lowest BCUT2D eigenvalue weighted by Gasteiger charge is -2.30. The maximum absolute atomic E-state index is 12.8. The smallest absolute Gasteiger partial charge is 0.244 e. The van der Waals surface area contributed by atoms with Crippen molar-refractivity contribution in [1.82, 2.24) is 5.32 Å². The van der Waals surface area contributed by atoms with Crippen LogP contribution in [0.5, 0.6) is 5.75 Å². The van der Waals surface area contributed by atoms with Crippen LogP contribution < -0.4 is 14.4 Å². The van der Waals surface area contributed by atoms with Gasteiger partial charge in [-0.2, -0.15) is 0 Å². The van der Waals surface area contributed by atoms with E-state index < -0.39 is 16.1 Å². The average molecular weight is 391 g/mol. The van der Waals surface area contributed by atoms with Gasteiger partial charge in [0, 0.05) is 6.54 Å². The Morgan fingerprint density at radius 2 is 1.81 bits per heavy atom. The minimum Gasteiger partial charge on any atom is -0.494 e. The highest BCUT2D eigenvalue weighted by atomic mass is 32.2. The second-order valence-electron chi connectivity index (χ2n) is 6.12. The number of anilines is 1. The molecule has 0 saturated heterocycles. The summed E-state index contributed by atoms with van der Waals surface area (Å²) in [7, 11) is -3.62.